The van der Waals surface area contributed by atoms with Crippen molar-refractivity contribution < 1.29 is 18.0 Å². The maximum absolute atomic E-state index is 13.2. The lowest BCUT2D eigenvalue weighted by molar-refractivity contribution is -0.143. The van der Waals surface area contributed by atoms with Crippen molar-refractivity contribution in [2.75, 3.05) is 25.0 Å². The summed E-state index contributed by atoms with van der Waals surface area (Å²) in [6.07, 6.45) is -0.689. The molecular formula is C25H24F3N7O. The third-order valence-corrected chi connectivity index (χ3v) is 7.00. The second-order valence-electron chi connectivity index (χ2n) is 9.48. The van der Waals surface area contributed by atoms with Crippen LogP contribution in [0.3, 0.4) is 0 Å². The van der Waals surface area contributed by atoms with Crippen LogP contribution in [0.1, 0.15) is 17.0 Å². The van der Waals surface area contributed by atoms with E-state index in [9.17, 15) is 18.0 Å². The Hall–Kier alpha value is -3.86. The number of anilines is 1. The Bertz CT molecular complexity index is 1430. The Kier molecular flexibility index (Phi) is 5.25. The molecule has 8 nitrogen and oxygen atoms in total. The van der Waals surface area contributed by atoms with Crippen molar-refractivity contribution in [2.45, 2.75) is 24.7 Å². The molecule has 2 aliphatic heterocycles. The summed E-state index contributed by atoms with van der Waals surface area (Å²) in [5.41, 5.74) is 4.88. The van der Waals surface area contributed by atoms with Crippen LogP contribution in [-0.2, 0) is 13.6 Å². The number of aryl methyl sites for hydroxylation is 1. The fourth-order valence-corrected chi connectivity index (χ4v) is 5.42. The number of benzene rings is 2. The first-order valence-electron chi connectivity index (χ1n) is 11.7. The van der Waals surface area contributed by atoms with E-state index in [0.717, 1.165) is 33.3 Å². The zero-order valence-corrected chi connectivity index (χ0v) is 19.5. The summed E-state index contributed by atoms with van der Waals surface area (Å²) in [6, 6.07) is 12.6. The Morgan fingerprint density at radius 3 is 2.67 bits per heavy atom. The van der Waals surface area contributed by atoms with E-state index in [4.69, 9.17) is 0 Å². The normalized spacial score (nSPS) is 20.7. The highest BCUT2D eigenvalue weighted by atomic mass is 19.4. The van der Waals surface area contributed by atoms with Gasteiger partial charge in [0.1, 0.15) is 5.69 Å². The van der Waals surface area contributed by atoms with Crippen molar-refractivity contribution in [2.24, 2.45) is 7.05 Å². The van der Waals surface area contributed by atoms with Gasteiger partial charge in [0.2, 0.25) is 0 Å². The number of hydrogen-bond donors (Lipinski definition) is 2. The number of carbonyl (C=O) groups is 1. The number of H-pyrrole nitrogens is 1. The minimum absolute atomic E-state index is 0.150. The number of nitrogens with zero attached hydrogens (tertiary/aromatic N) is 5. The van der Waals surface area contributed by atoms with Crippen LogP contribution in [0.4, 0.5) is 23.7 Å². The van der Waals surface area contributed by atoms with E-state index in [1.54, 1.807) is 15.8 Å². The number of hydrogen-bond acceptors (Lipinski definition) is 4. The molecule has 0 radical (unpaired) electrons. The highest BCUT2D eigenvalue weighted by molar-refractivity contribution is 6.00. The molecule has 2 aromatic carbocycles. The fourth-order valence-electron chi connectivity index (χ4n) is 5.42. The summed E-state index contributed by atoms with van der Waals surface area (Å²) < 4.78 is 41.4. The number of alkyl halides is 3. The smallest absolute Gasteiger partial charge is 0.315 e. The maximum Gasteiger partial charge on any atom is 0.401 e. The van der Waals surface area contributed by atoms with E-state index in [2.05, 4.69) is 20.6 Å². The predicted octanol–water partition coefficient (Wildman–Crippen LogP) is 4.34. The average molecular weight is 496 g/mol. The van der Waals surface area contributed by atoms with Gasteiger partial charge in [0.15, 0.2) is 0 Å². The number of rotatable bonds is 4. The quantitative estimate of drug-likeness (QED) is 0.441. The Morgan fingerprint density at radius 2 is 1.94 bits per heavy atom. The Labute approximate surface area is 204 Å². The number of amides is 2. The van der Waals surface area contributed by atoms with Crippen molar-refractivity contribution in [1.82, 2.24) is 29.8 Å². The van der Waals surface area contributed by atoms with Crippen LogP contribution >= 0.6 is 0 Å². The molecular weight excluding hydrogens is 471 g/mol. The number of likely N-dealkylation sites (tertiary alicyclic amines) is 1. The molecule has 36 heavy (non-hydrogen) atoms. The summed E-state index contributed by atoms with van der Waals surface area (Å²) >= 11 is 0. The molecule has 4 heterocycles. The van der Waals surface area contributed by atoms with Crippen LogP contribution in [0.5, 0.6) is 0 Å². The van der Waals surface area contributed by atoms with E-state index in [-0.39, 0.29) is 25.0 Å². The highest BCUT2D eigenvalue weighted by Gasteiger charge is 2.44. The molecule has 0 aliphatic carbocycles. The van der Waals surface area contributed by atoms with Gasteiger partial charge in [0, 0.05) is 55.4 Å². The van der Waals surface area contributed by atoms with Gasteiger partial charge >= 0.3 is 12.2 Å². The highest BCUT2D eigenvalue weighted by Crippen LogP contribution is 2.38. The molecule has 2 aliphatic rings. The summed E-state index contributed by atoms with van der Waals surface area (Å²) in [7, 11) is 1.83. The van der Waals surface area contributed by atoms with Crippen LogP contribution in [0.15, 0.2) is 54.9 Å². The molecule has 0 spiro atoms. The lowest BCUT2D eigenvalue weighted by Gasteiger charge is -2.36. The molecule has 6 rings (SSSR count). The zero-order valence-electron chi connectivity index (χ0n) is 19.5. The second kappa shape index (κ2) is 8.37. The molecule has 2 N–H and O–H groups in total. The average Bonchev–Trinajstić information content (AvgIpc) is 3.55. The van der Waals surface area contributed by atoms with Crippen LogP contribution in [0, 0.1) is 0 Å². The topological polar surface area (TPSA) is 82.1 Å². The predicted molar refractivity (Wildman–Crippen MR) is 128 cm³/mol. The molecule has 2 amide bonds. The molecule has 1 saturated heterocycles. The largest absolute Gasteiger partial charge is 0.401 e. The van der Waals surface area contributed by atoms with Gasteiger partial charge < -0.3 is 10.2 Å². The zero-order chi connectivity index (χ0) is 25.0. The van der Waals surface area contributed by atoms with Gasteiger partial charge in [-0.25, -0.2) is 4.79 Å². The van der Waals surface area contributed by atoms with Crippen molar-refractivity contribution in [3.8, 4) is 11.3 Å². The van der Waals surface area contributed by atoms with Gasteiger partial charge in [-0.1, -0.05) is 30.3 Å². The van der Waals surface area contributed by atoms with Crippen LogP contribution in [-0.4, -0.2) is 67.7 Å². The molecule has 1 fully saturated rings. The number of fused-ring (bicyclic) bond motifs is 2. The minimum atomic E-state index is -4.30. The van der Waals surface area contributed by atoms with Crippen molar-refractivity contribution >= 4 is 22.6 Å². The molecule has 1 unspecified atom stereocenters. The molecule has 11 heteroatoms. The Morgan fingerprint density at radius 1 is 1.14 bits per heavy atom. The van der Waals surface area contributed by atoms with Crippen molar-refractivity contribution in [3.63, 3.8) is 0 Å². The van der Waals surface area contributed by atoms with Gasteiger partial charge in [-0.15, -0.1) is 0 Å². The van der Waals surface area contributed by atoms with Gasteiger partial charge in [-0.2, -0.15) is 23.4 Å². The summed E-state index contributed by atoms with van der Waals surface area (Å²) in [4.78, 5) is 16.3. The lowest BCUT2D eigenvalue weighted by Crippen LogP contribution is -2.48. The number of carbonyl (C=O) groups excluding carboxylic acids is 1. The van der Waals surface area contributed by atoms with Gasteiger partial charge in [-0.3, -0.25) is 14.7 Å². The van der Waals surface area contributed by atoms with Crippen molar-refractivity contribution in [1.29, 1.82) is 0 Å². The number of nitrogens with one attached hydrogen (secondary N) is 2. The first kappa shape index (κ1) is 22.6. The van der Waals surface area contributed by atoms with Crippen LogP contribution < -0.4 is 5.32 Å². The van der Waals surface area contributed by atoms with E-state index in [1.807, 2.05) is 55.7 Å². The minimum Gasteiger partial charge on any atom is -0.315 e. The summed E-state index contributed by atoms with van der Waals surface area (Å²) in [6.45, 7) is -0.320. The standard InChI is InChI=1S/C25H24F3N7O/c1-33-10-17(9-29-33)23-18-7-16-11-35(24(36)30-20(16)8-21(18)31-32-23)22-13-34(14-25(26,27)28)12-19(22)15-5-3-2-4-6-15/h2-10,19,22H,11-14H2,1H3,(H,30,36)(H,31,32)/t19?,22-/m1/s1. The number of aromatic amines is 1. The van der Waals surface area contributed by atoms with E-state index < -0.39 is 18.8 Å². The van der Waals surface area contributed by atoms with E-state index in [1.165, 1.54) is 4.90 Å². The first-order chi connectivity index (χ1) is 17.2. The summed E-state index contributed by atoms with van der Waals surface area (Å²) in [5.74, 6) is -0.232. The molecule has 186 valence electrons. The maximum atomic E-state index is 13.2. The molecule has 0 bridgehead atoms. The molecule has 2 aromatic heterocycles. The fraction of sp³-hybridized carbons (Fsp3) is 0.320. The number of aromatic nitrogens is 4. The summed E-state index contributed by atoms with van der Waals surface area (Å²) in [5, 5.41) is 15.5. The number of halogens is 3. The van der Waals surface area contributed by atoms with Crippen molar-refractivity contribution in [3.05, 3.63) is 66.0 Å². The second-order valence-corrected chi connectivity index (χ2v) is 9.48. The third kappa shape index (κ3) is 4.09. The van der Waals surface area contributed by atoms with Crippen LogP contribution in [0.2, 0.25) is 0 Å². The third-order valence-electron chi connectivity index (χ3n) is 7.00. The SMILES string of the molecule is Cn1cc(-c2n[nH]c3cc4c(cc23)CN([C@@H]2CN(CC(F)(F)F)CC2c2ccccc2)C(=O)N4)cn1. The van der Waals surface area contributed by atoms with E-state index >= 15 is 0 Å². The van der Waals surface area contributed by atoms with Gasteiger partial charge in [0.25, 0.3) is 0 Å². The molecule has 4 aromatic rings. The van der Waals surface area contributed by atoms with Crippen LogP contribution in [0.25, 0.3) is 22.2 Å². The van der Waals surface area contributed by atoms with Gasteiger partial charge in [-0.05, 0) is 23.3 Å². The Balaban J connectivity index is 1.35. The van der Waals surface area contributed by atoms with Gasteiger partial charge in [0.05, 0.1) is 24.3 Å². The molecule has 0 saturated carbocycles. The number of urea groups is 1. The molecule has 2 atom stereocenters. The lowest BCUT2D eigenvalue weighted by atomic mass is 9.92. The monoisotopic (exact) mass is 495 g/mol. The first-order valence-corrected chi connectivity index (χ1v) is 11.7. The van der Waals surface area contributed by atoms with E-state index in [0.29, 0.717) is 12.2 Å².